The summed E-state index contributed by atoms with van der Waals surface area (Å²) in [6.07, 6.45) is 0.270. The van der Waals surface area contributed by atoms with Gasteiger partial charge in [0.2, 0.25) is 11.6 Å². The van der Waals surface area contributed by atoms with Gasteiger partial charge in [-0.15, -0.1) is 0 Å². The molecule has 1 saturated carbocycles. The number of esters is 1. The summed E-state index contributed by atoms with van der Waals surface area (Å²) in [5.74, 6) is -9.44. The number of allylic oxidation sites excluding steroid dienone is 1. The van der Waals surface area contributed by atoms with Gasteiger partial charge >= 0.3 is 17.9 Å². The molecule has 0 spiro atoms. The molecule has 5 rings (SSSR count). The molecule has 3 saturated heterocycles. The predicted octanol–water partition coefficient (Wildman–Crippen LogP) is 0.600. The molecule has 5 aliphatic rings. The Hall–Kier alpha value is -2.26. The fraction of sp³-hybridized carbons (Fsp3) is 0.700. The molecule has 0 aromatic heterocycles. The highest BCUT2D eigenvalue weighted by Crippen LogP contribution is 2.72. The zero-order valence-corrected chi connectivity index (χ0v) is 16.4. The van der Waals surface area contributed by atoms with Crippen LogP contribution >= 0.6 is 0 Å². The van der Waals surface area contributed by atoms with Crippen LogP contribution in [0, 0.1) is 34.5 Å². The van der Waals surface area contributed by atoms with Crippen molar-refractivity contribution < 1.29 is 44.0 Å². The second-order valence-corrected chi connectivity index (χ2v) is 9.06. The first-order chi connectivity index (χ1) is 13.4. The molecule has 0 unspecified atom stereocenters. The van der Waals surface area contributed by atoms with Crippen molar-refractivity contribution in [3.63, 3.8) is 0 Å². The Kier molecular flexibility index (Phi) is 4.06. The number of aliphatic hydroxyl groups is 1. The maximum absolute atomic E-state index is 13.0. The van der Waals surface area contributed by atoms with Gasteiger partial charge in [0.05, 0.1) is 23.4 Å². The summed E-state index contributed by atoms with van der Waals surface area (Å²) in [6.45, 7) is 4.55. The van der Waals surface area contributed by atoms with E-state index in [0.717, 1.165) is 0 Å². The second-order valence-electron chi connectivity index (χ2n) is 9.06. The minimum Gasteiger partial charge on any atom is -0.481 e. The van der Waals surface area contributed by atoms with E-state index >= 15 is 0 Å². The van der Waals surface area contributed by atoms with E-state index < -0.39 is 70.6 Å². The number of carboxylic acids is 2. The average molecular weight is 408 g/mol. The van der Waals surface area contributed by atoms with Crippen molar-refractivity contribution in [1.29, 1.82) is 0 Å². The van der Waals surface area contributed by atoms with E-state index in [1.807, 2.05) is 0 Å². The summed E-state index contributed by atoms with van der Waals surface area (Å²) in [5.41, 5.74) is -1.94. The lowest BCUT2D eigenvalue weighted by Gasteiger charge is -2.68. The molecule has 2 aliphatic carbocycles. The zero-order valence-electron chi connectivity index (χ0n) is 16.4. The summed E-state index contributed by atoms with van der Waals surface area (Å²) in [4.78, 5) is 49.1. The van der Waals surface area contributed by atoms with Crippen molar-refractivity contribution in [2.75, 3.05) is 6.61 Å². The van der Waals surface area contributed by atoms with Crippen molar-refractivity contribution >= 4 is 23.7 Å². The van der Waals surface area contributed by atoms with Crippen LogP contribution < -0.4 is 0 Å². The van der Waals surface area contributed by atoms with Crippen molar-refractivity contribution in [3.05, 3.63) is 11.6 Å². The van der Waals surface area contributed by atoms with Gasteiger partial charge < -0.3 is 24.8 Å². The number of carbonyl (C=O) groups excluding carboxylic acids is 2. The highest BCUT2D eigenvalue weighted by molar-refractivity contribution is 5.99. The van der Waals surface area contributed by atoms with Crippen LogP contribution in [-0.4, -0.2) is 57.5 Å². The fourth-order valence-corrected chi connectivity index (χ4v) is 6.61. The normalized spacial score (nSPS) is 44.6. The molecule has 3 heterocycles. The number of ether oxygens (including phenoxy) is 2. The zero-order chi connectivity index (χ0) is 21.5. The summed E-state index contributed by atoms with van der Waals surface area (Å²) in [7, 11) is 0. The predicted molar refractivity (Wildman–Crippen MR) is 94.2 cm³/mol. The van der Waals surface area contributed by atoms with Crippen molar-refractivity contribution in [2.24, 2.45) is 34.5 Å². The molecule has 3 N–H and O–H groups in total. The van der Waals surface area contributed by atoms with Gasteiger partial charge in [0.15, 0.2) is 0 Å². The number of ketones is 1. The third-order valence-electron chi connectivity index (χ3n) is 7.97. The van der Waals surface area contributed by atoms with Crippen LogP contribution in [0.2, 0.25) is 0 Å². The lowest BCUT2D eigenvalue weighted by Crippen LogP contribution is -2.78. The molecule has 4 bridgehead atoms. The Morgan fingerprint density at radius 1 is 1.31 bits per heavy atom. The number of hydrogen-bond donors (Lipinski definition) is 3. The first-order valence-electron chi connectivity index (χ1n) is 9.65. The molecule has 3 aliphatic heterocycles. The molecular formula is C20H24O9. The summed E-state index contributed by atoms with van der Waals surface area (Å²) in [5, 5.41) is 30.4. The minimum atomic E-state index is -2.24. The molecule has 4 fully saturated rings. The number of carboxylic acid groups (broad SMARTS) is 2. The van der Waals surface area contributed by atoms with Crippen LogP contribution in [0.4, 0.5) is 0 Å². The monoisotopic (exact) mass is 408 g/mol. The standard InChI is InChI=1S/C20H24O9/c1-8-4-12(21)20(27)18(3)10(8)5-13(29-20)19(7-28-17(26)15(18)19)11(6-14(22)23)9(2)16(24)25/h4,9-11,13,15,27H,5-7H2,1-3H3,(H,22,23)(H,24,25)/t9-,10-,11+,13-,15-,18-,19-,20+/m1/s1. The molecule has 29 heavy (non-hydrogen) atoms. The molecule has 0 aromatic carbocycles. The largest absolute Gasteiger partial charge is 0.481 e. The summed E-state index contributed by atoms with van der Waals surface area (Å²) >= 11 is 0. The smallest absolute Gasteiger partial charge is 0.310 e. The maximum Gasteiger partial charge on any atom is 0.310 e. The maximum atomic E-state index is 13.0. The Labute approximate surface area is 166 Å². The van der Waals surface area contributed by atoms with Gasteiger partial charge in [-0.1, -0.05) is 19.4 Å². The molecule has 8 atom stereocenters. The highest BCUT2D eigenvalue weighted by Gasteiger charge is 2.82. The van der Waals surface area contributed by atoms with Gasteiger partial charge in [0.25, 0.3) is 0 Å². The van der Waals surface area contributed by atoms with Crippen molar-refractivity contribution in [2.45, 2.75) is 45.5 Å². The Morgan fingerprint density at radius 3 is 2.55 bits per heavy atom. The van der Waals surface area contributed by atoms with Crippen LogP contribution in [0.25, 0.3) is 0 Å². The topological polar surface area (TPSA) is 147 Å². The molecule has 0 aromatic rings. The number of cyclic esters (lactones) is 1. The summed E-state index contributed by atoms with van der Waals surface area (Å²) < 4.78 is 11.3. The number of hydrogen-bond acceptors (Lipinski definition) is 7. The van der Waals surface area contributed by atoms with Crippen LogP contribution in [-0.2, 0) is 28.7 Å². The van der Waals surface area contributed by atoms with Gasteiger partial charge in [0.1, 0.15) is 6.61 Å². The van der Waals surface area contributed by atoms with E-state index in [0.29, 0.717) is 12.0 Å². The molecule has 158 valence electrons. The third-order valence-corrected chi connectivity index (χ3v) is 7.97. The van der Waals surface area contributed by atoms with Crippen molar-refractivity contribution in [1.82, 2.24) is 0 Å². The second kappa shape index (κ2) is 5.89. The van der Waals surface area contributed by atoms with Gasteiger partial charge in [-0.2, -0.15) is 0 Å². The van der Waals surface area contributed by atoms with E-state index in [1.165, 1.54) is 13.0 Å². The first-order valence-corrected chi connectivity index (χ1v) is 9.65. The van der Waals surface area contributed by atoms with Crippen molar-refractivity contribution in [3.8, 4) is 0 Å². The van der Waals surface area contributed by atoms with Crippen LogP contribution in [0.1, 0.15) is 33.6 Å². The quantitative estimate of drug-likeness (QED) is 0.556. The van der Waals surface area contributed by atoms with Crippen LogP contribution in [0.3, 0.4) is 0 Å². The SMILES string of the molecule is CC1=CC(=O)[C@]2(O)O[C@@H]3C[C@H]1[C@]2(C)[C@H]1C(=O)OC[C@@]31[C@@H](CC(=O)O)[C@@H](C)C(=O)O. The number of carbonyl (C=O) groups is 4. The average Bonchev–Trinajstić information content (AvgIpc) is 2.99. The first kappa shape index (κ1) is 20.0. The molecule has 0 amide bonds. The van der Waals surface area contributed by atoms with E-state index in [1.54, 1.807) is 13.8 Å². The lowest BCUT2D eigenvalue weighted by atomic mass is 9.40. The van der Waals surface area contributed by atoms with Gasteiger partial charge in [-0.3, -0.25) is 19.2 Å². The van der Waals surface area contributed by atoms with E-state index in [-0.39, 0.29) is 12.5 Å². The minimum absolute atomic E-state index is 0.202. The molecule has 9 nitrogen and oxygen atoms in total. The molecule has 0 radical (unpaired) electrons. The Balaban J connectivity index is 1.94. The highest BCUT2D eigenvalue weighted by atomic mass is 16.6. The van der Waals surface area contributed by atoms with E-state index in [4.69, 9.17) is 9.47 Å². The van der Waals surface area contributed by atoms with Gasteiger partial charge in [-0.05, 0) is 31.3 Å². The molecule has 9 heteroatoms. The third kappa shape index (κ3) is 2.17. The van der Waals surface area contributed by atoms with Crippen LogP contribution in [0.5, 0.6) is 0 Å². The van der Waals surface area contributed by atoms with E-state index in [2.05, 4.69) is 0 Å². The summed E-state index contributed by atoms with van der Waals surface area (Å²) in [6, 6.07) is 0. The van der Waals surface area contributed by atoms with Gasteiger partial charge in [-0.25, -0.2) is 0 Å². The Morgan fingerprint density at radius 2 is 1.97 bits per heavy atom. The molecular weight excluding hydrogens is 384 g/mol. The fourth-order valence-electron chi connectivity index (χ4n) is 6.61. The lowest BCUT2D eigenvalue weighted by molar-refractivity contribution is -0.385. The van der Waals surface area contributed by atoms with E-state index in [9.17, 15) is 34.5 Å². The van der Waals surface area contributed by atoms with Gasteiger partial charge in [0, 0.05) is 11.8 Å². The number of aliphatic carboxylic acids is 2. The Bertz CT molecular complexity index is 862. The van der Waals surface area contributed by atoms with Crippen LogP contribution in [0.15, 0.2) is 11.6 Å². The number of rotatable bonds is 5.